The van der Waals surface area contributed by atoms with Crippen molar-refractivity contribution in [1.29, 1.82) is 0 Å². The fourth-order valence-electron chi connectivity index (χ4n) is 2.12. The molecular formula is C14H6Cl2N4O5S. The molecule has 0 saturated carbocycles. The van der Waals surface area contributed by atoms with Gasteiger partial charge in [0.1, 0.15) is 5.52 Å². The number of hydrogen-bond acceptors (Lipinski definition) is 7. The molecule has 0 bridgehead atoms. The Hall–Kier alpha value is -2.82. The van der Waals surface area contributed by atoms with Crippen molar-refractivity contribution in [2.75, 3.05) is 5.32 Å². The van der Waals surface area contributed by atoms with Crippen molar-refractivity contribution in [3.8, 4) is 0 Å². The maximum Gasteiger partial charge on any atom is 0.277 e. The number of nitro benzene ring substituents is 2. The fraction of sp³-hybridized carbons (Fsp3) is 0. The number of nitrogens with one attached hydrogen (secondary N) is 1. The first-order valence-corrected chi connectivity index (χ1v) is 8.32. The molecule has 0 unspecified atom stereocenters. The second kappa shape index (κ2) is 6.83. The van der Waals surface area contributed by atoms with Gasteiger partial charge >= 0.3 is 0 Å². The summed E-state index contributed by atoms with van der Waals surface area (Å²) >= 11 is 13.0. The fourth-order valence-corrected chi connectivity index (χ4v) is 3.70. The quantitative estimate of drug-likeness (QED) is 0.489. The minimum atomic E-state index is -0.816. The van der Waals surface area contributed by atoms with Crippen LogP contribution in [0.25, 0.3) is 10.2 Å². The predicted octanol–water partition coefficient (Wildman–Crippen LogP) is 4.67. The van der Waals surface area contributed by atoms with Gasteiger partial charge in [-0.05, 0) is 12.1 Å². The van der Waals surface area contributed by atoms with Crippen LogP contribution in [0.3, 0.4) is 0 Å². The lowest BCUT2D eigenvalue weighted by Gasteiger charge is -2.02. The van der Waals surface area contributed by atoms with Crippen LogP contribution in [0, 0.1) is 20.2 Å². The second-order valence-electron chi connectivity index (χ2n) is 4.96. The Bertz CT molecular complexity index is 1050. The molecule has 0 aliphatic heterocycles. The van der Waals surface area contributed by atoms with Crippen LogP contribution in [-0.2, 0) is 0 Å². The molecule has 1 aromatic heterocycles. The SMILES string of the molecule is O=C(Nc1nc2c(Cl)cc(Cl)cc2s1)c1cc([N+](=O)[O-])cc([N+](=O)[O-])c1. The van der Waals surface area contributed by atoms with E-state index in [0.717, 1.165) is 29.5 Å². The zero-order valence-electron chi connectivity index (χ0n) is 12.4. The van der Waals surface area contributed by atoms with E-state index < -0.39 is 27.1 Å². The van der Waals surface area contributed by atoms with Gasteiger partial charge in [0, 0.05) is 17.2 Å². The number of anilines is 1. The number of rotatable bonds is 4. The average molecular weight is 413 g/mol. The molecule has 1 N–H and O–H groups in total. The van der Waals surface area contributed by atoms with Crippen molar-refractivity contribution in [1.82, 2.24) is 4.98 Å². The van der Waals surface area contributed by atoms with E-state index in [0.29, 0.717) is 20.3 Å². The van der Waals surface area contributed by atoms with Crippen LogP contribution in [0.15, 0.2) is 30.3 Å². The minimum absolute atomic E-state index is 0.170. The van der Waals surface area contributed by atoms with Crippen LogP contribution in [-0.4, -0.2) is 20.7 Å². The Balaban J connectivity index is 1.96. The molecule has 0 radical (unpaired) electrons. The van der Waals surface area contributed by atoms with Crippen molar-refractivity contribution in [3.05, 3.63) is 66.2 Å². The highest BCUT2D eigenvalue weighted by Crippen LogP contribution is 2.34. The zero-order chi connectivity index (χ0) is 19.0. The molecule has 0 aliphatic carbocycles. The number of carbonyl (C=O) groups excluding carboxylic acids is 1. The molecule has 12 heteroatoms. The molecule has 0 spiro atoms. The third-order valence-corrected chi connectivity index (χ3v) is 4.64. The lowest BCUT2D eigenvalue weighted by Crippen LogP contribution is -2.12. The molecule has 1 amide bonds. The number of fused-ring (bicyclic) bond motifs is 1. The molecule has 1 heterocycles. The van der Waals surface area contributed by atoms with E-state index in [1.54, 1.807) is 6.07 Å². The number of amides is 1. The van der Waals surface area contributed by atoms with Crippen LogP contribution in [0.1, 0.15) is 10.4 Å². The number of hydrogen-bond donors (Lipinski definition) is 1. The van der Waals surface area contributed by atoms with Crippen LogP contribution >= 0.6 is 34.5 Å². The molecule has 132 valence electrons. The molecule has 3 rings (SSSR count). The third kappa shape index (κ3) is 3.57. The molecule has 0 saturated heterocycles. The van der Waals surface area contributed by atoms with Crippen LogP contribution in [0.2, 0.25) is 10.0 Å². The van der Waals surface area contributed by atoms with Gasteiger partial charge in [-0.1, -0.05) is 34.5 Å². The van der Waals surface area contributed by atoms with Gasteiger partial charge in [-0.15, -0.1) is 0 Å². The lowest BCUT2D eigenvalue weighted by molar-refractivity contribution is -0.394. The Labute approximate surface area is 158 Å². The van der Waals surface area contributed by atoms with E-state index in [1.807, 2.05) is 0 Å². The number of carbonyl (C=O) groups is 1. The van der Waals surface area contributed by atoms with E-state index in [9.17, 15) is 25.0 Å². The Morgan fingerprint density at radius 1 is 1.04 bits per heavy atom. The summed E-state index contributed by atoms with van der Waals surface area (Å²) in [6.45, 7) is 0. The number of non-ortho nitro benzene ring substituents is 2. The van der Waals surface area contributed by atoms with Crippen molar-refractivity contribution in [2.24, 2.45) is 0 Å². The summed E-state index contributed by atoms with van der Waals surface area (Å²) in [6.07, 6.45) is 0. The standard InChI is InChI=1S/C14H6Cl2N4O5S/c15-7-3-10(16)12-11(4-7)26-14(17-12)18-13(21)6-1-8(19(22)23)5-9(2-6)20(24)25/h1-5H,(H,17,18,21). The van der Waals surface area contributed by atoms with E-state index in [4.69, 9.17) is 23.2 Å². The Morgan fingerprint density at radius 2 is 1.65 bits per heavy atom. The molecule has 3 aromatic rings. The van der Waals surface area contributed by atoms with E-state index in [1.165, 1.54) is 6.07 Å². The van der Waals surface area contributed by atoms with Gasteiger partial charge in [-0.25, -0.2) is 4.98 Å². The van der Waals surface area contributed by atoms with Crippen molar-refractivity contribution in [2.45, 2.75) is 0 Å². The first-order valence-electron chi connectivity index (χ1n) is 6.75. The summed E-state index contributed by atoms with van der Waals surface area (Å²) in [5.74, 6) is -0.780. The highest BCUT2D eigenvalue weighted by atomic mass is 35.5. The second-order valence-corrected chi connectivity index (χ2v) is 6.83. The van der Waals surface area contributed by atoms with Crippen LogP contribution in [0.4, 0.5) is 16.5 Å². The first kappa shape index (κ1) is 18.0. The molecule has 0 aliphatic rings. The van der Waals surface area contributed by atoms with Crippen molar-refractivity contribution < 1.29 is 14.6 Å². The van der Waals surface area contributed by atoms with Crippen molar-refractivity contribution in [3.63, 3.8) is 0 Å². The maximum absolute atomic E-state index is 12.3. The molecule has 2 aromatic carbocycles. The third-order valence-electron chi connectivity index (χ3n) is 3.22. The largest absolute Gasteiger partial charge is 0.298 e. The molecule has 0 fully saturated rings. The Morgan fingerprint density at radius 3 is 2.23 bits per heavy atom. The maximum atomic E-state index is 12.3. The van der Waals surface area contributed by atoms with Gasteiger partial charge in [-0.2, -0.15) is 0 Å². The molecule has 26 heavy (non-hydrogen) atoms. The van der Waals surface area contributed by atoms with Gasteiger partial charge in [0.05, 0.1) is 31.2 Å². The van der Waals surface area contributed by atoms with Gasteiger partial charge < -0.3 is 0 Å². The Kier molecular flexibility index (Phi) is 4.72. The smallest absolute Gasteiger partial charge is 0.277 e. The summed E-state index contributed by atoms with van der Waals surface area (Å²) in [6, 6.07) is 5.78. The van der Waals surface area contributed by atoms with E-state index >= 15 is 0 Å². The molecular weight excluding hydrogens is 407 g/mol. The normalized spacial score (nSPS) is 10.7. The summed E-state index contributed by atoms with van der Waals surface area (Å²) in [5.41, 5.74) is -0.942. The van der Waals surface area contributed by atoms with E-state index in [-0.39, 0.29) is 10.7 Å². The summed E-state index contributed by atoms with van der Waals surface area (Å²) in [5, 5.41) is 25.1. The molecule has 9 nitrogen and oxygen atoms in total. The van der Waals surface area contributed by atoms with Gasteiger partial charge in [-0.3, -0.25) is 30.3 Å². The van der Waals surface area contributed by atoms with Crippen LogP contribution in [0.5, 0.6) is 0 Å². The summed E-state index contributed by atoms with van der Waals surface area (Å²) in [7, 11) is 0. The number of nitro groups is 2. The van der Waals surface area contributed by atoms with Gasteiger partial charge in [0.2, 0.25) is 0 Å². The minimum Gasteiger partial charge on any atom is -0.298 e. The van der Waals surface area contributed by atoms with E-state index in [2.05, 4.69) is 10.3 Å². The first-order chi connectivity index (χ1) is 12.2. The summed E-state index contributed by atoms with van der Waals surface area (Å²) < 4.78 is 0.628. The highest BCUT2D eigenvalue weighted by molar-refractivity contribution is 7.22. The number of aromatic nitrogens is 1. The summed E-state index contributed by atoms with van der Waals surface area (Å²) in [4.78, 5) is 36.7. The molecule has 0 atom stereocenters. The van der Waals surface area contributed by atoms with Gasteiger partial charge in [0.25, 0.3) is 17.3 Å². The lowest BCUT2D eigenvalue weighted by atomic mass is 10.1. The number of thiazole rings is 1. The number of nitrogens with zero attached hydrogens (tertiary/aromatic N) is 3. The monoisotopic (exact) mass is 412 g/mol. The average Bonchev–Trinajstić information content (AvgIpc) is 2.96. The van der Waals surface area contributed by atoms with Crippen molar-refractivity contribution >= 4 is 67.2 Å². The van der Waals surface area contributed by atoms with Crippen LogP contribution < -0.4 is 5.32 Å². The van der Waals surface area contributed by atoms with Gasteiger partial charge in [0.15, 0.2) is 5.13 Å². The predicted molar refractivity (Wildman–Crippen MR) is 97.3 cm³/mol. The zero-order valence-corrected chi connectivity index (χ0v) is 14.8. The number of halogens is 2. The highest BCUT2D eigenvalue weighted by Gasteiger charge is 2.21. The number of benzene rings is 2. The topological polar surface area (TPSA) is 128 Å².